The number of nitrogens with zero attached hydrogens (tertiary/aromatic N) is 2. The number of aromatic nitrogens is 2. The topological polar surface area (TPSA) is 74.8 Å². The maximum absolute atomic E-state index is 11.5. The number of imidazole rings is 1. The van der Waals surface area contributed by atoms with Crippen LogP contribution in [-0.2, 0) is 0 Å². The van der Waals surface area contributed by atoms with Crippen molar-refractivity contribution in [2.75, 3.05) is 0 Å². The first-order valence-corrected chi connectivity index (χ1v) is 10.1. The lowest BCUT2D eigenvalue weighted by Gasteiger charge is -2.17. The van der Waals surface area contributed by atoms with Crippen LogP contribution in [0.1, 0.15) is 57.7 Å². The highest BCUT2D eigenvalue weighted by atomic mass is 16.4. The molecule has 5 nitrogen and oxygen atoms in total. The van der Waals surface area contributed by atoms with Gasteiger partial charge in [-0.3, -0.25) is 0 Å². The van der Waals surface area contributed by atoms with Crippen molar-refractivity contribution in [3.63, 3.8) is 0 Å². The van der Waals surface area contributed by atoms with Crippen LogP contribution >= 0.6 is 0 Å². The third kappa shape index (κ3) is 3.17. The highest BCUT2D eigenvalue weighted by Gasteiger charge is 2.27. The van der Waals surface area contributed by atoms with Gasteiger partial charge in [-0.05, 0) is 54.2 Å². The van der Waals surface area contributed by atoms with Crippen LogP contribution in [0.15, 0.2) is 66.9 Å². The lowest BCUT2D eigenvalue weighted by atomic mass is 9.96. The van der Waals surface area contributed by atoms with Crippen LogP contribution in [-0.4, -0.2) is 25.6 Å². The number of aliphatic hydroxyl groups excluding tert-OH is 1. The monoisotopic (exact) mass is 398 g/mol. The number of benzene rings is 2. The number of carboxylic acids is 1. The normalized spacial score (nSPS) is 14.7. The van der Waals surface area contributed by atoms with E-state index in [9.17, 15) is 15.0 Å². The number of fused-ring (bicyclic) bond motifs is 1. The second-order valence-electron chi connectivity index (χ2n) is 7.95. The SMILES string of the molecule is Cc1ccc2nc(C3CC3)cn2c1C(O)c1ccc(-c2ccccc2C(=O)O)cc1. The fourth-order valence-electron chi connectivity index (χ4n) is 4.05. The van der Waals surface area contributed by atoms with E-state index >= 15 is 0 Å². The van der Waals surface area contributed by atoms with Gasteiger partial charge in [0.15, 0.2) is 0 Å². The number of rotatable bonds is 5. The molecule has 0 bridgehead atoms. The second-order valence-corrected chi connectivity index (χ2v) is 7.95. The summed E-state index contributed by atoms with van der Waals surface area (Å²) in [5.41, 5.74) is 6.23. The number of aliphatic hydroxyl groups is 1. The Morgan fingerprint density at radius 3 is 2.50 bits per heavy atom. The van der Waals surface area contributed by atoms with Crippen molar-refractivity contribution in [1.82, 2.24) is 9.38 Å². The van der Waals surface area contributed by atoms with E-state index in [4.69, 9.17) is 4.98 Å². The molecular formula is C25H22N2O3. The van der Waals surface area contributed by atoms with Crippen LogP contribution in [0.2, 0.25) is 0 Å². The molecule has 2 aromatic heterocycles. The molecule has 1 atom stereocenters. The van der Waals surface area contributed by atoms with Crippen molar-refractivity contribution in [1.29, 1.82) is 0 Å². The summed E-state index contributed by atoms with van der Waals surface area (Å²) in [5.74, 6) is -0.410. The van der Waals surface area contributed by atoms with Gasteiger partial charge in [0.25, 0.3) is 0 Å². The molecule has 1 unspecified atom stereocenters. The molecule has 1 aliphatic rings. The molecule has 2 heterocycles. The highest BCUT2D eigenvalue weighted by Crippen LogP contribution is 2.40. The molecule has 2 aromatic carbocycles. The van der Waals surface area contributed by atoms with Crippen molar-refractivity contribution in [2.24, 2.45) is 0 Å². The largest absolute Gasteiger partial charge is 0.478 e. The summed E-state index contributed by atoms with van der Waals surface area (Å²) >= 11 is 0. The van der Waals surface area contributed by atoms with Crippen LogP contribution < -0.4 is 0 Å². The standard InChI is InChI=1S/C25H22N2O3/c1-15-6-13-22-26-21(17-9-10-17)14-27(22)23(15)24(28)18-11-7-16(8-12-18)19-4-2-3-5-20(19)25(29)30/h2-8,11-14,17,24,28H,9-10H2,1H3,(H,29,30). The van der Waals surface area contributed by atoms with Crippen LogP contribution in [0, 0.1) is 6.92 Å². The first-order valence-electron chi connectivity index (χ1n) is 10.1. The molecular weight excluding hydrogens is 376 g/mol. The molecule has 0 aliphatic heterocycles. The summed E-state index contributed by atoms with van der Waals surface area (Å²) < 4.78 is 2.00. The van der Waals surface area contributed by atoms with Gasteiger partial charge >= 0.3 is 5.97 Å². The van der Waals surface area contributed by atoms with Gasteiger partial charge in [-0.15, -0.1) is 0 Å². The van der Waals surface area contributed by atoms with E-state index in [0.29, 0.717) is 11.5 Å². The van der Waals surface area contributed by atoms with Crippen molar-refractivity contribution >= 4 is 11.6 Å². The number of carbonyl (C=O) groups is 1. The van der Waals surface area contributed by atoms with Gasteiger partial charge in [0.1, 0.15) is 11.8 Å². The highest BCUT2D eigenvalue weighted by molar-refractivity contribution is 5.96. The summed E-state index contributed by atoms with van der Waals surface area (Å²) in [6.45, 7) is 1.99. The Morgan fingerprint density at radius 1 is 1.07 bits per heavy atom. The van der Waals surface area contributed by atoms with Crippen molar-refractivity contribution < 1.29 is 15.0 Å². The molecule has 5 rings (SSSR count). The zero-order valence-electron chi connectivity index (χ0n) is 16.6. The van der Waals surface area contributed by atoms with Gasteiger partial charge < -0.3 is 14.6 Å². The number of hydrogen-bond donors (Lipinski definition) is 2. The van der Waals surface area contributed by atoms with Crippen LogP contribution in [0.4, 0.5) is 0 Å². The van der Waals surface area contributed by atoms with Crippen molar-refractivity contribution in [2.45, 2.75) is 31.8 Å². The van der Waals surface area contributed by atoms with E-state index in [1.165, 1.54) is 12.8 Å². The number of pyridine rings is 1. The molecule has 0 spiro atoms. The Kier molecular flexibility index (Phi) is 4.40. The smallest absolute Gasteiger partial charge is 0.336 e. The first-order chi connectivity index (χ1) is 14.5. The van der Waals surface area contributed by atoms with E-state index in [1.54, 1.807) is 18.2 Å². The average molecular weight is 398 g/mol. The van der Waals surface area contributed by atoms with E-state index in [0.717, 1.165) is 33.7 Å². The summed E-state index contributed by atoms with van der Waals surface area (Å²) in [6, 6.07) is 18.4. The number of carboxylic acid groups (broad SMARTS) is 1. The van der Waals surface area contributed by atoms with E-state index in [-0.39, 0.29) is 5.56 Å². The summed E-state index contributed by atoms with van der Waals surface area (Å²) in [7, 11) is 0. The molecule has 1 saturated carbocycles. The first kappa shape index (κ1) is 18.6. The Labute approximate surface area is 174 Å². The van der Waals surface area contributed by atoms with Crippen LogP contribution in [0.25, 0.3) is 16.8 Å². The maximum Gasteiger partial charge on any atom is 0.336 e. The van der Waals surface area contributed by atoms with Crippen molar-refractivity contribution in [3.8, 4) is 11.1 Å². The minimum absolute atomic E-state index is 0.262. The summed E-state index contributed by atoms with van der Waals surface area (Å²) in [6.07, 6.45) is 3.61. The summed E-state index contributed by atoms with van der Waals surface area (Å²) in [4.78, 5) is 16.3. The number of aromatic carboxylic acids is 1. The Bertz CT molecular complexity index is 1250. The van der Waals surface area contributed by atoms with Gasteiger partial charge in [-0.1, -0.05) is 48.5 Å². The Hall–Kier alpha value is -3.44. The number of aryl methyl sites for hydroxylation is 1. The quantitative estimate of drug-likeness (QED) is 0.498. The summed E-state index contributed by atoms with van der Waals surface area (Å²) in [5, 5.41) is 20.6. The molecule has 0 amide bonds. The Balaban J connectivity index is 1.53. The van der Waals surface area contributed by atoms with Gasteiger partial charge in [-0.2, -0.15) is 0 Å². The maximum atomic E-state index is 11.5. The van der Waals surface area contributed by atoms with Gasteiger partial charge in [0.05, 0.1) is 17.0 Å². The molecule has 5 heteroatoms. The third-order valence-electron chi connectivity index (χ3n) is 5.85. The zero-order chi connectivity index (χ0) is 20.8. The van der Waals surface area contributed by atoms with Gasteiger partial charge in [0, 0.05) is 12.1 Å². The van der Waals surface area contributed by atoms with E-state index < -0.39 is 12.1 Å². The molecule has 1 aliphatic carbocycles. The third-order valence-corrected chi connectivity index (χ3v) is 5.85. The molecule has 2 N–H and O–H groups in total. The van der Waals surface area contributed by atoms with E-state index in [2.05, 4.69) is 6.20 Å². The molecule has 0 radical (unpaired) electrons. The minimum Gasteiger partial charge on any atom is -0.478 e. The molecule has 1 fully saturated rings. The molecule has 30 heavy (non-hydrogen) atoms. The minimum atomic E-state index is -0.955. The lowest BCUT2D eigenvalue weighted by molar-refractivity contribution is 0.0697. The predicted octanol–water partition coefficient (Wildman–Crippen LogP) is 4.97. The van der Waals surface area contributed by atoms with Gasteiger partial charge in [0.2, 0.25) is 0 Å². The molecule has 0 saturated heterocycles. The molecule has 150 valence electrons. The molecule has 4 aromatic rings. The fraction of sp³-hybridized carbons (Fsp3) is 0.200. The van der Waals surface area contributed by atoms with Crippen LogP contribution in [0.3, 0.4) is 0 Å². The fourth-order valence-corrected chi connectivity index (χ4v) is 4.05. The van der Waals surface area contributed by atoms with E-state index in [1.807, 2.05) is 53.8 Å². The second kappa shape index (κ2) is 7.11. The average Bonchev–Trinajstić information content (AvgIpc) is 3.52. The van der Waals surface area contributed by atoms with Crippen LogP contribution in [0.5, 0.6) is 0 Å². The van der Waals surface area contributed by atoms with Gasteiger partial charge in [-0.25, -0.2) is 9.78 Å². The van der Waals surface area contributed by atoms with Crippen molar-refractivity contribution in [3.05, 3.63) is 94.9 Å². The Morgan fingerprint density at radius 2 is 1.80 bits per heavy atom. The lowest BCUT2D eigenvalue weighted by Crippen LogP contribution is -2.08. The zero-order valence-corrected chi connectivity index (χ0v) is 16.6. The predicted molar refractivity (Wildman–Crippen MR) is 115 cm³/mol. The number of hydrogen-bond acceptors (Lipinski definition) is 3.